The van der Waals surface area contributed by atoms with E-state index >= 15 is 0 Å². The largest absolute Gasteiger partial charge is 0.497 e. The van der Waals surface area contributed by atoms with E-state index in [-0.39, 0.29) is 18.0 Å². The van der Waals surface area contributed by atoms with Crippen LogP contribution >= 0.6 is 0 Å². The molecular formula is C19H21N3O4. The van der Waals surface area contributed by atoms with Crippen molar-refractivity contribution in [3.63, 3.8) is 0 Å². The topological polar surface area (TPSA) is 75.9 Å². The molecule has 26 heavy (non-hydrogen) atoms. The number of ether oxygens (including phenoxy) is 1. The second kappa shape index (κ2) is 7.86. The van der Waals surface area contributed by atoms with Crippen LogP contribution in [0, 0.1) is 10.1 Å². The number of nitro groups is 1. The minimum atomic E-state index is -0.441. The highest BCUT2D eigenvalue weighted by Crippen LogP contribution is 2.23. The lowest BCUT2D eigenvalue weighted by Crippen LogP contribution is -2.49. The number of hydrogen-bond acceptors (Lipinski definition) is 5. The molecule has 7 heteroatoms. The zero-order valence-electron chi connectivity index (χ0n) is 14.6. The van der Waals surface area contributed by atoms with Crippen molar-refractivity contribution in [1.82, 2.24) is 4.90 Å². The van der Waals surface area contributed by atoms with Crippen molar-refractivity contribution >= 4 is 17.3 Å². The Kier molecular flexibility index (Phi) is 5.36. The van der Waals surface area contributed by atoms with Crippen LogP contribution in [0.15, 0.2) is 48.5 Å². The number of nitrogens with zero attached hydrogens (tertiary/aromatic N) is 3. The third-order valence-corrected chi connectivity index (χ3v) is 4.58. The number of rotatable bonds is 5. The van der Waals surface area contributed by atoms with Crippen LogP contribution in [0.2, 0.25) is 0 Å². The fourth-order valence-electron chi connectivity index (χ4n) is 3.13. The van der Waals surface area contributed by atoms with Crippen molar-refractivity contribution in [3.8, 4) is 5.75 Å². The number of methoxy groups -OCH3 is 1. The van der Waals surface area contributed by atoms with Crippen LogP contribution in [0.5, 0.6) is 5.75 Å². The molecule has 0 atom stereocenters. The Bertz CT molecular complexity index is 801. The normalized spacial score (nSPS) is 14.2. The molecule has 2 aromatic carbocycles. The second-order valence-electron chi connectivity index (χ2n) is 6.13. The second-order valence-corrected chi connectivity index (χ2v) is 6.13. The highest BCUT2D eigenvalue weighted by Gasteiger charge is 2.24. The smallest absolute Gasteiger partial charge is 0.273 e. The maximum Gasteiger partial charge on any atom is 0.273 e. The Labute approximate surface area is 151 Å². The zero-order chi connectivity index (χ0) is 18.5. The SMILES string of the molecule is COc1cccc(N2CCN(C(=O)Cc3ccccc3[N+](=O)[O-])CC2)c1. The highest BCUT2D eigenvalue weighted by molar-refractivity contribution is 5.80. The molecule has 0 aliphatic carbocycles. The van der Waals surface area contributed by atoms with Gasteiger partial charge in [-0.3, -0.25) is 14.9 Å². The molecule has 136 valence electrons. The van der Waals surface area contributed by atoms with E-state index in [9.17, 15) is 14.9 Å². The average Bonchev–Trinajstić information content (AvgIpc) is 2.68. The van der Waals surface area contributed by atoms with E-state index in [2.05, 4.69) is 4.90 Å². The van der Waals surface area contributed by atoms with E-state index in [0.717, 1.165) is 24.5 Å². The van der Waals surface area contributed by atoms with Crippen LogP contribution in [-0.2, 0) is 11.2 Å². The van der Waals surface area contributed by atoms with Gasteiger partial charge in [0, 0.05) is 49.6 Å². The summed E-state index contributed by atoms with van der Waals surface area (Å²) in [4.78, 5) is 27.2. The van der Waals surface area contributed by atoms with E-state index in [1.165, 1.54) is 6.07 Å². The first kappa shape index (κ1) is 17.7. The van der Waals surface area contributed by atoms with Crippen LogP contribution in [-0.4, -0.2) is 49.0 Å². The summed E-state index contributed by atoms with van der Waals surface area (Å²) in [6.07, 6.45) is 0.0519. The molecule has 1 fully saturated rings. The molecule has 2 aromatic rings. The van der Waals surface area contributed by atoms with Crippen molar-refractivity contribution in [2.75, 3.05) is 38.2 Å². The first-order valence-electron chi connectivity index (χ1n) is 8.47. The van der Waals surface area contributed by atoms with Crippen molar-refractivity contribution in [2.45, 2.75) is 6.42 Å². The monoisotopic (exact) mass is 355 g/mol. The van der Waals surface area contributed by atoms with Crippen LogP contribution in [0.1, 0.15) is 5.56 Å². The van der Waals surface area contributed by atoms with Crippen molar-refractivity contribution in [2.24, 2.45) is 0 Å². The van der Waals surface area contributed by atoms with Gasteiger partial charge in [-0.05, 0) is 12.1 Å². The third kappa shape index (κ3) is 3.93. The minimum absolute atomic E-state index is 0.00383. The number of piperazine rings is 1. The maximum absolute atomic E-state index is 12.6. The van der Waals surface area contributed by atoms with Gasteiger partial charge in [0.2, 0.25) is 5.91 Å². The van der Waals surface area contributed by atoms with Crippen LogP contribution in [0.4, 0.5) is 11.4 Å². The molecule has 0 saturated carbocycles. The number of anilines is 1. The van der Waals surface area contributed by atoms with Gasteiger partial charge >= 0.3 is 0 Å². The summed E-state index contributed by atoms with van der Waals surface area (Å²) < 4.78 is 5.26. The van der Waals surface area contributed by atoms with Crippen LogP contribution in [0.3, 0.4) is 0 Å². The van der Waals surface area contributed by atoms with Gasteiger partial charge in [-0.15, -0.1) is 0 Å². The van der Waals surface area contributed by atoms with Gasteiger partial charge in [0.15, 0.2) is 0 Å². The standard InChI is InChI=1S/C19H21N3O4/c1-26-17-7-4-6-16(14-17)20-9-11-21(12-10-20)19(23)13-15-5-2-3-8-18(15)22(24)25/h2-8,14H,9-13H2,1H3. The van der Waals surface area contributed by atoms with Crippen molar-refractivity contribution < 1.29 is 14.5 Å². The summed E-state index contributed by atoms with van der Waals surface area (Å²) in [5.41, 5.74) is 1.52. The zero-order valence-corrected chi connectivity index (χ0v) is 14.6. The number of benzene rings is 2. The molecule has 3 rings (SSSR count). The molecule has 0 bridgehead atoms. The summed E-state index contributed by atoms with van der Waals surface area (Å²) in [5, 5.41) is 11.1. The molecule has 0 unspecified atom stereocenters. The number of nitro benzene ring substituents is 1. The fraction of sp³-hybridized carbons (Fsp3) is 0.316. The number of carbonyl (C=O) groups excluding carboxylic acids is 1. The first-order valence-corrected chi connectivity index (χ1v) is 8.47. The predicted octanol–water partition coefficient (Wildman–Crippen LogP) is 2.49. The predicted molar refractivity (Wildman–Crippen MR) is 98.6 cm³/mol. The lowest BCUT2D eigenvalue weighted by molar-refractivity contribution is -0.385. The Morgan fingerprint density at radius 1 is 1.12 bits per heavy atom. The lowest BCUT2D eigenvalue weighted by Gasteiger charge is -2.36. The van der Waals surface area contributed by atoms with Crippen molar-refractivity contribution in [1.29, 1.82) is 0 Å². The number of carbonyl (C=O) groups is 1. The molecule has 0 radical (unpaired) electrons. The summed E-state index contributed by atoms with van der Waals surface area (Å²) >= 11 is 0. The van der Waals surface area contributed by atoms with Crippen LogP contribution < -0.4 is 9.64 Å². The maximum atomic E-state index is 12.6. The fourth-order valence-corrected chi connectivity index (χ4v) is 3.13. The lowest BCUT2D eigenvalue weighted by atomic mass is 10.1. The molecule has 7 nitrogen and oxygen atoms in total. The molecule has 1 aliphatic rings. The Balaban J connectivity index is 1.61. The van der Waals surface area contributed by atoms with Gasteiger partial charge in [0.05, 0.1) is 18.5 Å². The molecule has 0 spiro atoms. The Hall–Kier alpha value is -3.09. The first-order chi connectivity index (χ1) is 12.6. The van der Waals surface area contributed by atoms with E-state index in [1.807, 2.05) is 24.3 Å². The van der Waals surface area contributed by atoms with Gasteiger partial charge in [0.1, 0.15) is 5.75 Å². The summed E-state index contributed by atoms with van der Waals surface area (Å²) in [6.45, 7) is 2.62. The number of amides is 1. The summed E-state index contributed by atoms with van der Waals surface area (Å²) in [5.74, 6) is 0.724. The van der Waals surface area contributed by atoms with E-state index in [0.29, 0.717) is 18.7 Å². The van der Waals surface area contributed by atoms with E-state index in [1.54, 1.807) is 30.2 Å². The third-order valence-electron chi connectivity index (χ3n) is 4.58. The Morgan fingerprint density at radius 3 is 2.54 bits per heavy atom. The highest BCUT2D eigenvalue weighted by atomic mass is 16.6. The van der Waals surface area contributed by atoms with Gasteiger partial charge < -0.3 is 14.5 Å². The van der Waals surface area contributed by atoms with E-state index in [4.69, 9.17) is 4.74 Å². The number of para-hydroxylation sites is 1. The number of hydrogen-bond donors (Lipinski definition) is 0. The average molecular weight is 355 g/mol. The van der Waals surface area contributed by atoms with Gasteiger partial charge in [0.25, 0.3) is 5.69 Å². The van der Waals surface area contributed by atoms with Crippen molar-refractivity contribution in [3.05, 3.63) is 64.2 Å². The Morgan fingerprint density at radius 2 is 1.85 bits per heavy atom. The summed E-state index contributed by atoms with van der Waals surface area (Å²) in [6, 6.07) is 14.2. The quantitative estimate of drug-likeness (QED) is 0.608. The molecular weight excluding hydrogens is 334 g/mol. The molecule has 0 N–H and O–H groups in total. The molecule has 0 aromatic heterocycles. The summed E-state index contributed by atoms with van der Waals surface area (Å²) in [7, 11) is 1.64. The van der Waals surface area contributed by atoms with Gasteiger partial charge in [-0.2, -0.15) is 0 Å². The molecule has 1 heterocycles. The molecule has 1 saturated heterocycles. The minimum Gasteiger partial charge on any atom is -0.497 e. The van der Waals surface area contributed by atoms with Gasteiger partial charge in [-0.1, -0.05) is 24.3 Å². The van der Waals surface area contributed by atoms with Crippen LogP contribution in [0.25, 0.3) is 0 Å². The van der Waals surface area contributed by atoms with Gasteiger partial charge in [-0.25, -0.2) is 0 Å². The molecule has 1 aliphatic heterocycles. The van der Waals surface area contributed by atoms with E-state index < -0.39 is 4.92 Å². The molecule has 1 amide bonds.